The Hall–Kier alpha value is -1.08. The number of ether oxygens (including phenoxy) is 1. The lowest BCUT2D eigenvalue weighted by Gasteiger charge is -2.20. The highest BCUT2D eigenvalue weighted by molar-refractivity contribution is 7.99. The first-order valence-electron chi connectivity index (χ1n) is 5.50. The van der Waals surface area contributed by atoms with Crippen molar-refractivity contribution in [2.24, 2.45) is 7.05 Å². The van der Waals surface area contributed by atoms with E-state index in [0.29, 0.717) is 11.1 Å². The summed E-state index contributed by atoms with van der Waals surface area (Å²) in [6.45, 7) is 1.52. The molecule has 1 aromatic rings. The molecule has 1 aromatic heterocycles. The number of rotatable bonds is 4. The van der Waals surface area contributed by atoms with Crippen LogP contribution in [0.5, 0.6) is 0 Å². The average Bonchev–Trinajstić information content (AvgIpc) is 2.69. The third-order valence-electron chi connectivity index (χ3n) is 2.78. The predicted octanol–water partition coefficient (Wildman–Crippen LogP) is 0.886. The molecule has 1 N–H and O–H groups in total. The van der Waals surface area contributed by atoms with Crippen molar-refractivity contribution in [3.05, 3.63) is 5.82 Å². The van der Waals surface area contributed by atoms with Crippen molar-refractivity contribution in [1.82, 2.24) is 14.8 Å². The van der Waals surface area contributed by atoms with E-state index in [9.17, 15) is 4.79 Å². The van der Waals surface area contributed by atoms with Crippen molar-refractivity contribution < 1.29 is 14.6 Å². The maximum absolute atomic E-state index is 10.5. The summed E-state index contributed by atoms with van der Waals surface area (Å²) < 4.78 is 7.20. The third kappa shape index (κ3) is 2.98. The second-order valence-electron chi connectivity index (χ2n) is 3.97. The van der Waals surface area contributed by atoms with Crippen LogP contribution in [0.1, 0.15) is 24.6 Å². The van der Waals surface area contributed by atoms with Crippen LogP contribution in [0.4, 0.5) is 0 Å². The van der Waals surface area contributed by atoms with Gasteiger partial charge >= 0.3 is 5.97 Å². The molecule has 0 bridgehead atoms. The van der Waals surface area contributed by atoms with Gasteiger partial charge in [0.2, 0.25) is 0 Å². The summed E-state index contributed by atoms with van der Waals surface area (Å²) in [5.41, 5.74) is 0. The second-order valence-corrected chi connectivity index (χ2v) is 4.91. The Labute approximate surface area is 103 Å². The van der Waals surface area contributed by atoms with Gasteiger partial charge in [0.1, 0.15) is 5.82 Å². The smallest absolute Gasteiger partial charge is 0.313 e. The molecule has 0 unspecified atom stereocenters. The number of carbonyl (C=O) groups is 1. The van der Waals surface area contributed by atoms with E-state index >= 15 is 0 Å². The normalized spacial score (nSPS) is 17.2. The van der Waals surface area contributed by atoms with Crippen LogP contribution in [0.25, 0.3) is 0 Å². The summed E-state index contributed by atoms with van der Waals surface area (Å²) in [5.74, 6) is 0.479. The highest BCUT2D eigenvalue weighted by Gasteiger charge is 2.22. The van der Waals surface area contributed by atoms with E-state index in [0.717, 1.165) is 31.9 Å². The first kappa shape index (κ1) is 12.4. The van der Waals surface area contributed by atoms with E-state index in [-0.39, 0.29) is 5.75 Å². The molecule has 94 valence electrons. The zero-order chi connectivity index (χ0) is 12.3. The summed E-state index contributed by atoms with van der Waals surface area (Å²) >= 11 is 1.20. The molecule has 0 aromatic carbocycles. The Kier molecular flexibility index (Phi) is 4.01. The summed E-state index contributed by atoms with van der Waals surface area (Å²) in [5, 5.41) is 17.5. The lowest BCUT2D eigenvalue weighted by Crippen LogP contribution is -2.17. The van der Waals surface area contributed by atoms with Crippen LogP contribution in [0.2, 0.25) is 0 Å². The van der Waals surface area contributed by atoms with Crippen molar-refractivity contribution in [2.45, 2.75) is 23.9 Å². The molecule has 17 heavy (non-hydrogen) atoms. The minimum Gasteiger partial charge on any atom is -0.481 e. The van der Waals surface area contributed by atoms with Gasteiger partial charge in [-0.3, -0.25) is 4.79 Å². The topological polar surface area (TPSA) is 77.2 Å². The second kappa shape index (κ2) is 5.50. The molecule has 1 aliphatic heterocycles. The number of nitrogens with zero attached hydrogens (tertiary/aromatic N) is 3. The molecule has 7 heteroatoms. The molecule has 6 nitrogen and oxygen atoms in total. The van der Waals surface area contributed by atoms with Crippen molar-refractivity contribution in [3.63, 3.8) is 0 Å². The fourth-order valence-electron chi connectivity index (χ4n) is 1.89. The van der Waals surface area contributed by atoms with Crippen LogP contribution in [-0.2, 0) is 16.6 Å². The Bertz CT molecular complexity index is 402. The third-order valence-corrected chi connectivity index (χ3v) is 3.78. The predicted molar refractivity (Wildman–Crippen MR) is 62.2 cm³/mol. The fourth-order valence-corrected chi connectivity index (χ4v) is 2.53. The van der Waals surface area contributed by atoms with E-state index in [4.69, 9.17) is 9.84 Å². The average molecular weight is 257 g/mol. The molecule has 2 rings (SSSR count). The number of thioether (sulfide) groups is 1. The van der Waals surface area contributed by atoms with Crippen LogP contribution < -0.4 is 0 Å². The van der Waals surface area contributed by atoms with Gasteiger partial charge in [0.15, 0.2) is 5.16 Å². The Morgan fingerprint density at radius 1 is 1.53 bits per heavy atom. The molecule has 0 amide bonds. The zero-order valence-corrected chi connectivity index (χ0v) is 10.4. The van der Waals surface area contributed by atoms with Crippen LogP contribution in [0.15, 0.2) is 5.16 Å². The molecule has 1 saturated heterocycles. The summed E-state index contributed by atoms with van der Waals surface area (Å²) in [4.78, 5) is 10.5. The quantitative estimate of drug-likeness (QED) is 0.807. The summed E-state index contributed by atoms with van der Waals surface area (Å²) in [7, 11) is 1.88. The van der Waals surface area contributed by atoms with E-state index in [2.05, 4.69) is 10.2 Å². The van der Waals surface area contributed by atoms with Gasteiger partial charge in [-0.25, -0.2) is 0 Å². The molecule has 0 radical (unpaired) electrons. The summed E-state index contributed by atoms with van der Waals surface area (Å²) in [6.07, 6.45) is 1.91. The molecule has 1 aliphatic rings. The lowest BCUT2D eigenvalue weighted by molar-refractivity contribution is -0.133. The Morgan fingerprint density at radius 2 is 2.24 bits per heavy atom. The molecule has 1 fully saturated rings. The molecule has 0 atom stereocenters. The van der Waals surface area contributed by atoms with Gasteiger partial charge in [-0.1, -0.05) is 11.8 Å². The molecular formula is C10H15N3O3S. The number of hydrogen-bond donors (Lipinski definition) is 1. The van der Waals surface area contributed by atoms with Crippen LogP contribution in [0, 0.1) is 0 Å². The molecule has 0 aliphatic carbocycles. The van der Waals surface area contributed by atoms with E-state index in [1.54, 1.807) is 0 Å². The van der Waals surface area contributed by atoms with Gasteiger partial charge in [-0.15, -0.1) is 10.2 Å². The van der Waals surface area contributed by atoms with E-state index in [1.807, 2.05) is 11.6 Å². The molecule has 0 spiro atoms. The Morgan fingerprint density at radius 3 is 2.88 bits per heavy atom. The molecule has 0 saturated carbocycles. The van der Waals surface area contributed by atoms with E-state index in [1.165, 1.54) is 11.8 Å². The van der Waals surface area contributed by atoms with Gasteiger partial charge in [-0.05, 0) is 12.8 Å². The standard InChI is InChI=1S/C10H15N3O3S/c1-13-9(7-2-4-16-5-3-7)11-12-10(13)17-6-8(14)15/h7H,2-6H2,1H3,(H,14,15). The summed E-state index contributed by atoms with van der Waals surface area (Å²) in [6, 6.07) is 0. The zero-order valence-electron chi connectivity index (χ0n) is 9.63. The van der Waals surface area contributed by atoms with Crippen molar-refractivity contribution in [3.8, 4) is 0 Å². The monoisotopic (exact) mass is 257 g/mol. The van der Waals surface area contributed by atoms with Gasteiger partial charge in [0.05, 0.1) is 5.75 Å². The number of aromatic nitrogens is 3. The van der Waals surface area contributed by atoms with Crippen molar-refractivity contribution in [2.75, 3.05) is 19.0 Å². The first-order valence-corrected chi connectivity index (χ1v) is 6.48. The molecular weight excluding hydrogens is 242 g/mol. The minimum atomic E-state index is -0.842. The number of carboxylic acids is 1. The van der Waals surface area contributed by atoms with Crippen LogP contribution in [0.3, 0.4) is 0 Å². The maximum atomic E-state index is 10.5. The SMILES string of the molecule is Cn1c(SCC(=O)O)nnc1C1CCOCC1. The molecule has 2 heterocycles. The van der Waals surface area contributed by atoms with Gasteiger partial charge in [-0.2, -0.15) is 0 Å². The highest BCUT2D eigenvalue weighted by atomic mass is 32.2. The largest absolute Gasteiger partial charge is 0.481 e. The lowest BCUT2D eigenvalue weighted by atomic mass is 10.00. The number of aliphatic carboxylic acids is 1. The fraction of sp³-hybridized carbons (Fsp3) is 0.700. The number of hydrogen-bond acceptors (Lipinski definition) is 5. The van der Waals surface area contributed by atoms with Crippen molar-refractivity contribution in [1.29, 1.82) is 0 Å². The van der Waals surface area contributed by atoms with Gasteiger partial charge in [0, 0.05) is 26.2 Å². The number of carboxylic acid groups (broad SMARTS) is 1. The van der Waals surface area contributed by atoms with Gasteiger partial charge < -0.3 is 14.4 Å². The maximum Gasteiger partial charge on any atom is 0.313 e. The Balaban J connectivity index is 2.05. The van der Waals surface area contributed by atoms with Crippen molar-refractivity contribution >= 4 is 17.7 Å². The van der Waals surface area contributed by atoms with Gasteiger partial charge in [0.25, 0.3) is 0 Å². The highest BCUT2D eigenvalue weighted by Crippen LogP contribution is 2.27. The first-order chi connectivity index (χ1) is 8.18. The van der Waals surface area contributed by atoms with Crippen LogP contribution >= 0.6 is 11.8 Å². The minimum absolute atomic E-state index is 0.0136. The van der Waals surface area contributed by atoms with E-state index < -0.39 is 5.97 Å². The van der Waals surface area contributed by atoms with Crippen LogP contribution in [-0.4, -0.2) is 44.8 Å².